The van der Waals surface area contributed by atoms with Crippen molar-refractivity contribution in [2.24, 2.45) is 5.84 Å². The predicted molar refractivity (Wildman–Crippen MR) is 72.8 cm³/mol. The zero-order chi connectivity index (χ0) is 12.1. The second-order valence-electron chi connectivity index (χ2n) is 4.26. The first kappa shape index (κ1) is 12.6. The van der Waals surface area contributed by atoms with Gasteiger partial charge in [-0.3, -0.25) is 0 Å². The molecular formula is C11H18BrN5. The lowest BCUT2D eigenvalue weighted by atomic mass is 10.1. The third-order valence-corrected chi connectivity index (χ3v) is 3.79. The molecule has 0 saturated carbocycles. The van der Waals surface area contributed by atoms with E-state index in [0.29, 0.717) is 5.82 Å². The van der Waals surface area contributed by atoms with Crippen LogP contribution in [0, 0.1) is 0 Å². The minimum Gasteiger partial charge on any atom is -0.356 e. The van der Waals surface area contributed by atoms with Gasteiger partial charge in [-0.1, -0.05) is 19.3 Å². The number of aromatic nitrogens is 2. The highest BCUT2D eigenvalue weighted by Gasteiger charge is 2.15. The molecule has 0 aromatic carbocycles. The van der Waals surface area contributed by atoms with Crippen LogP contribution in [0.5, 0.6) is 0 Å². The van der Waals surface area contributed by atoms with Crippen LogP contribution in [0.4, 0.5) is 11.6 Å². The van der Waals surface area contributed by atoms with Crippen LogP contribution in [-0.4, -0.2) is 23.1 Å². The van der Waals surface area contributed by atoms with E-state index in [9.17, 15) is 0 Å². The van der Waals surface area contributed by atoms with Crippen LogP contribution in [-0.2, 0) is 0 Å². The lowest BCUT2D eigenvalue weighted by Crippen LogP contribution is -2.28. The van der Waals surface area contributed by atoms with Gasteiger partial charge < -0.3 is 10.3 Å². The minimum absolute atomic E-state index is 0.636. The maximum atomic E-state index is 5.42. The van der Waals surface area contributed by atoms with Crippen LogP contribution in [0.2, 0.25) is 0 Å². The molecule has 0 spiro atoms. The smallest absolute Gasteiger partial charge is 0.159 e. The normalized spacial score (nSPS) is 17.4. The molecule has 17 heavy (non-hydrogen) atoms. The Morgan fingerprint density at radius 3 is 2.41 bits per heavy atom. The summed E-state index contributed by atoms with van der Waals surface area (Å²) in [5.74, 6) is 6.99. The third-order valence-electron chi connectivity index (χ3n) is 3.06. The van der Waals surface area contributed by atoms with Crippen LogP contribution < -0.4 is 16.2 Å². The first-order chi connectivity index (χ1) is 8.33. The van der Waals surface area contributed by atoms with E-state index in [1.54, 1.807) is 6.33 Å². The van der Waals surface area contributed by atoms with Crippen molar-refractivity contribution < 1.29 is 0 Å². The summed E-state index contributed by atoms with van der Waals surface area (Å²) in [5, 5.41) is 0. The number of anilines is 2. The Bertz CT molecular complexity index is 363. The third kappa shape index (κ3) is 3.07. The standard InChI is InChI=1S/C11H18BrN5/c12-9-10(16-13)14-8-15-11(9)17-6-4-2-1-3-5-7-17/h8H,1-7,13H2,(H,14,15,16). The molecule has 3 N–H and O–H groups in total. The van der Waals surface area contributed by atoms with E-state index in [0.717, 1.165) is 23.4 Å². The molecule has 1 aromatic heterocycles. The van der Waals surface area contributed by atoms with E-state index in [1.165, 1.54) is 32.1 Å². The van der Waals surface area contributed by atoms with Crippen LogP contribution in [0.3, 0.4) is 0 Å². The lowest BCUT2D eigenvalue weighted by Gasteiger charge is -2.26. The van der Waals surface area contributed by atoms with Gasteiger partial charge in [0.1, 0.15) is 16.6 Å². The average Bonchev–Trinajstić information content (AvgIpc) is 2.30. The van der Waals surface area contributed by atoms with Gasteiger partial charge in [-0.15, -0.1) is 0 Å². The fraction of sp³-hybridized carbons (Fsp3) is 0.636. The number of nitrogens with two attached hydrogens (primary N) is 1. The molecule has 1 fully saturated rings. The van der Waals surface area contributed by atoms with Crippen molar-refractivity contribution in [1.29, 1.82) is 0 Å². The number of halogens is 1. The highest BCUT2D eigenvalue weighted by Crippen LogP contribution is 2.29. The number of rotatable bonds is 2. The number of nitrogen functional groups attached to an aromatic ring is 1. The maximum Gasteiger partial charge on any atom is 0.159 e. The fourth-order valence-electron chi connectivity index (χ4n) is 2.14. The lowest BCUT2D eigenvalue weighted by molar-refractivity contribution is 0.553. The Labute approximate surface area is 110 Å². The van der Waals surface area contributed by atoms with Crippen molar-refractivity contribution in [3.05, 3.63) is 10.8 Å². The summed E-state index contributed by atoms with van der Waals surface area (Å²) in [5.41, 5.74) is 2.58. The maximum absolute atomic E-state index is 5.42. The van der Waals surface area contributed by atoms with Gasteiger partial charge in [-0.05, 0) is 28.8 Å². The SMILES string of the molecule is NNc1ncnc(N2CCCCCCC2)c1Br. The van der Waals surface area contributed by atoms with Gasteiger partial charge in [0.25, 0.3) is 0 Å². The summed E-state index contributed by atoms with van der Waals surface area (Å²) in [4.78, 5) is 10.7. The van der Waals surface area contributed by atoms with Gasteiger partial charge in [0, 0.05) is 13.1 Å². The Balaban J connectivity index is 2.19. The monoisotopic (exact) mass is 299 g/mol. The summed E-state index contributed by atoms with van der Waals surface area (Å²) < 4.78 is 0.850. The molecule has 94 valence electrons. The van der Waals surface area contributed by atoms with Gasteiger partial charge in [-0.25, -0.2) is 15.8 Å². The first-order valence-electron chi connectivity index (χ1n) is 6.05. The molecule has 1 aromatic rings. The van der Waals surface area contributed by atoms with Crippen LogP contribution in [0.1, 0.15) is 32.1 Å². The first-order valence-corrected chi connectivity index (χ1v) is 6.84. The number of hydrazine groups is 1. The highest BCUT2D eigenvalue weighted by atomic mass is 79.9. The summed E-state index contributed by atoms with van der Waals surface area (Å²) in [6.45, 7) is 2.11. The van der Waals surface area contributed by atoms with Crippen LogP contribution in [0.15, 0.2) is 10.8 Å². The van der Waals surface area contributed by atoms with Crippen LogP contribution in [0.25, 0.3) is 0 Å². The molecule has 1 aliphatic heterocycles. The molecule has 6 heteroatoms. The molecule has 0 aliphatic carbocycles. The van der Waals surface area contributed by atoms with Gasteiger partial charge >= 0.3 is 0 Å². The van der Waals surface area contributed by atoms with Crippen molar-refractivity contribution >= 4 is 27.6 Å². The van der Waals surface area contributed by atoms with E-state index in [1.807, 2.05) is 0 Å². The number of nitrogens with one attached hydrogen (secondary N) is 1. The summed E-state index contributed by atoms with van der Waals surface area (Å²) in [7, 11) is 0. The van der Waals surface area contributed by atoms with Crippen molar-refractivity contribution in [1.82, 2.24) is 9.97 Å². The van der Waals surface area contributed by atoms with Crippen molar-refractivity contribution in [3.63, 3.8) is 0 Å². The zero-order valence-corrected chi connectivity index (χ0v) is 11.4. The van der Waals surface area contributed by atoms with E-state index in [2.05, 4.69) is 36.2 Å². The molecule has 2 rings (SSSR count). The molecule has 0 bridgehead atoms. The zero-order valence-electron chi connectivity index (χ0n) is 9.82. The van der Waals surface area contributed by atoms with E-state index >= 15 is 0 Å². The van der Waals surface area contributed by atoms with Gasteiger partial charge in [0.2, 0.25) is 0 Å². The fourth-order valence-corrected chi connectivity index (χ4v) is 2.71. The molecule has 1 saturated heterocycles. The largest absolute Gasteiger partial charge is 0.356 e. The summed E-state index contributed by atoms with van der Waals surface area (Å²) >= 11 is 3.51. The summed E-state index contributed by atoms with van der Waals surface area (Å²) in [6, 6.07) is 0. The Kier molecular flexibility index (Phi) is 4.56. The Hall–Kier alpha value is -0.880. The second kappa shape index (κ2) is 6.16. The number of hydrogen-bond acceptors (Lipinski definition) is 5. The molecule has 0 unspecified atom stereocenters. The predicted octanol–water partition coefficient (Wildman–Crippen LogP) is 2.30. The van der Waals surface area contributed by atoms with E-state index < -0.39 is 0 Å². The van der Waals surface area contributed by atoms with Crippen molar-refractivity contribution in [2.45, 2.75) is 32.1 Å². The molecule has 0 amide bonds. The number of hydrogen-bond donors (Lipinski definition) is 2. The van der Waals surface area contributed by atoms with E-state index in [-0.39, 0.29) is 0 Å². The molecule has 0 atom stereocenters. The minimum atomic E-state index is 0.636. The topological polar surface area (TPSA) is 67.1 Å². The average molecular weight is 300 g/mol. The number of nitrogens with zero attached hydrogens (tertiary/aromatic N) is 3. The Morgan fingerprint density at radius 1 is 1.12 bits per heavy atom. The Morgan fingerprint density at radius 2 is 1.76 bits per heavy atom. The van der Waals surface area contributed by atoms with Gasteiger partial charge in [0.05, 0.1) is 0 Å². The molecule has 0 radical (unpaired) electrons. The van der Waals surface area contributed by atoms with Crippen molar-refractivity contribution in [2.75, 3.05) is 23.4 Å². The second-order valence-corrected chi connectivity index (χ2v) is 5.05. The molecule has 5 nitrogen and oxygen atoms in total. The van der Waals surface area contributed by atoms with Gasteiger partial charge in [-0.2, -0.15) is 0 Å². The summed E-state index contributed by atoms with van der Waals surface area (Å²) in [6.07, 6.45) is 7.97. The molecule has 1 aliphatic rings. The molecular weight excluding hydrogens is 282 g/mol. The van der Waals surface area contributed by atoms with E-state index in [4.69, 9.17) is 5.84 Å². The quantitative estimate of drug-likeness (QED) is 0.648. The van der Waals surface area contributed by atoms with Crippen LogP contribution >= 0.6 is 15.9 Å². The van der Waals surface area contributed by atoms with Gasteiger partial charge in [0.15, 0.2) is 5.82 Å². The molecule has 2 heterocycles. The highest BCUT2D eigenvalue weighted by molar-refractivity contribution is 9.10. The van der Waals surface area contributed by atoms with Crippen molar-refractivity contribution in [3.8, 4) is 0 Å².